The van der Waals surface area contributed by atoms with Gasteiger partial charge in [0.05, 0.1) is 23.6 Å². The summed E-state index contributed by atoms with van der Waals surface area (Å²) in [6.07, 6.45) is 6.70. The van der Waals surface area contributed by atoms with E-state index in [-0.39, 0.29) is 41.0 Å². The van der Waals surface area contributed by atoms with E-state index in [0.717, 1.165) is 11.4 Å². The molecule has 7 nitrogen and oxygen atoms in total. The van der Waals surface area contributed by atoms with Gasteiger partial charge in [-0.25, -0.2) is 4.79 Å². The van der Waals surface area contributed by atoms with Crippen LogP contribution in [0.25, 0.3) is 11.3 Å². The van der Waals surface area contributed by atoms with Crippen LogP contribution in [0.2, 0.25) is 0 Å². The van der Waals surface area contributed by atoms with Crippen LogP contribution in [-0.2, 0) is 9.59 Å². The number of carboxylic acid groups (broad SMARTS) is 1. The largest absolute Gasteiger partial charge is 0.478 e. The molecular weight excluding hydrogens is 384 g/mol. The van der Waals surface area contributed by atoms with Crippen LogP contribution in [0.1, 0.15) is 22.5 Å². The molecule has 5 aliphatic rings. The molecule has 3 fully saturated rings. The fourth-order valence-electron chi connectivity index (χ4n) is 5.62. The van der Waals surface area contributed by atoms with Gasteiger partial charge in [-0.2, -0.15) is 10.1 Å². The maximum Gasteiger partial charge on any atom is 0.336 e. The van der Waals surface area contributed by atoms with Crippen LogP contribution >= 0.6 is 0 Å². The zero-order valence-electron chi connectivity index (χ0n) is 15.8. The average Bonchev–Trinajstić information content (AvgIpc) is 3.39. The highest BCUT2D eigenvalue weighted by Crippen LogP contribution is 2.65. The van der Waals surface area contributed by atoms with E-state index in [1.165, 1.54) is 12.3 Å². The topological polar surface area (TPSA) is 100 Å². The molecule has 1 aromatic heterocycles. The Hall–Kier alpha value is -3.48. The van der Waals surface area contributed by atoms with Crippen molar-refractivity contribution in [3.8, 4) is 11.3 Å². The van der Waals surface area contributed by atoms with E-state index >= 15 is 0 Å². The quantitative estimate of drug-likeness (QED) is 0.481. The van der Waals surface area contributed by atoms with Gasteiger partial charge >= 0.3 is 5.97 Å². The van der Waals surface area contributed by atoms with Crippen molar-refractivity contribution in [1.82, 2.24) is 5.01 Å². The minimum atomic E-state index is -1.05. The van der Waals surface area contributed by atoms with Crippen LogP contribution < -0.4 is 0 Å². The summed E-state index contributed by atoms with van der Waals surface area (Å²) in [5.74, 6) is 0.0407. The third-order valence-electron chi connectivity index (χ3n) is 6.99. The highest BCUT2D eigenvalue weighted by molar-refractivity contribution is 6.06. The first-order valence-corrected chi connectivity index (χ1v) is 10.1. The van der Waals surface area contributed by atoms with Gasteiger partial charge in [-0.3, -0.25) is 9.59 Å². The number of aromatic carboxylic acids is 1. The summed E-state index contributed by atoms with van der Waals surface area (Å²) in [7, 11) is 0. The van der Waals surface area contributed by atoms with E-state index in [1.54, 1.807) is 30.3 Å². The normalized spacial score (nSPS) is 33.3. The van der Waals surface area contributed by atoms with Crippen LogP contribution in [0.15, 0.2) is 58.1 Å². The zero-order chi connectivity index (χ0) is 20.6. The minimum absolute atomic E-state index is 0.130. The van der Waals surface area contributed by atoms with Crippen molar-refractivity contribution in [2.45, 2.75) is 6.42 Å². The molecule has 2 aromatic rings. The fourth-order valence-corrected chi connectivity index (χ4v) is 5.62. The van der Waals surface area contributed by atoms with Gasteiger partial charge < -0.3 is 9.52 Å². The number of benzene rings is 1. The van der Waals surface area contributed by atoms with Gasteiger partial charge in [-0.15, -0.1) is 0 Å². The minimum Gasteiger partial charge on any atom is -0.478 e. The lowest BCUT2D eigenvalue weighted by atomic mass is 9.63. The van der Waals surface area contributed by atoms with Gasteiger partial charge in [-0.05, 0) is 48.3 Å². The SMILES string of the molecule is O=C(O)c1ccccc1-c1ccc(/C=N/N2C(=O)[C@@H]3[C@@H]4C=C[C@H]([C@H]5C[C@H]45)[C@@H]3C2=O)o1. The summed E-state index contributed by atoms with van der Waals surface area (Å²) in [6.45, 7) is 0. The Morgan fingerprint density at radius 3 is 2.37 bits per heavy atom. The summed E-state index contributed by atoms with van der Waals surface area (Å²) in [5, 5.41) is 14.5. The van der Waals surface area contributed by atoms with Crippen molar-refractivity contribution in [3.63, 3.8) is 0 Å². The first-order valence-electron chi connectivity index (χ1n) is 10.1. The number of carbonyl (C=O) groups is 3. The number of carbonyl (C=O) groups excluding carboxylic acids is 2. The molecule has 7 heteroatoms. The molecular formula is C23H18N2O5. The van der Waals surface area contributed by atoms with Crippen molar-refractivity contribution < 1.29 is 23.9 Å². The lowest BCUT2D eigenvalue weighted by molar-refractivity contribution is -0.140. The molecule has 0 unspecified atom stereocenters. The Morgan fingerprint density at radius 1 is 1.03 bits per heavy atom. The summed E-state index contributed by atoms with van der Waals surface area (Å²) >= 11 is 0. The molecule has 1 aromatic carbocycles. The predicted molar refractivity (Wildman–Crippen MR) is 105 cm³/mol. The van der Waals surface area contributed by atoms with Gasteiger partial charge in [0.2, 0.25) is 0 Å². The van der Waals surface area contributed by atoms with Crippen LogP contribution in [0.5, 0.6) is 0 Å². The number of imide groups is 1. The van der Waals surface area contributed by atoms with Crippen molar-refractivity contribution in [2.75, 3.05) is 0 Å². The van der Waals surface area contributed by atoms with Crippen LogP contribution in [0.4, 0.5) is 0 Å². The van der Waals surface area contributed by atoms with Gasteiger partial charge in [0.25, 0.3) is 11.8 Å². The number of allylic oxidation sites excluding steroid dienone is 2. The van der Waals surface area contributed by atoms with E-state index in [1.807, 2.05) is 0 Å². The summed E-state index contributed by atoms with van der Waals surface area (Å²) in [4.78, 5) is 37.3. The molecule has 2 bridgehead atoms. The van der Waals surface area contributed by atoms with Crippen LogP contribution in [0.3, 0.4) is 0 Å². The molecule has 2 saturated carbocycles. The molecule has 7 rings (SSSR count). The molecule has 4 aliphatic carbocycles. The van der Waals surface area contributed by atoms with Gasteiger partial charge in [0, 0.05) is 5.56 Å². The maximum absolute atomic E-state index is 12.9. The molecule has 30 heavy (non-hydrogen) atoms. The summed E-state index contributed by atoms with van der Waals surface area (Å²) in [6, 6.07) is 9.83. The monoisotopic (exact) mass is 402 g/mol. The molecule has 2 heterocycles. The lowest BCUT2D eigenvalue weighted by Crippen LogP contribution is -2.40. The first-order chi connectivity index (χ1) is 14.5. The highest BCUT2D eigenvalue weighted by atomic mass is 16.4. The van der Waals surface area contributed by atoms with Crippen molar-refractivity contribution in [1.29, 1.82) is 0 Å². The fraction of sp³-hybridized carbons (Fsp3) is 0.304. The van der Waals surface area contributed by atoms with Crippen molar-refractivity contribution >= 4 is 24.0 Å². The maximum atomic E-state index is 12.9. The Balaban J connectivity index is 1.26. The van der Waals surface area contributed by atoms with E-state index < -0.39 is 5.97 Å². The third kappa shape index (κ3) is 2.32. The number of amides is 2. The Bertz CT molecular complexity index is 1130. The van der Waals surface area contributed by atoms with Crippen molar-refractivity contribution in [3.05, 3.63) is 59.9 Å². The molecule has 1 saturated heterocycles. The molecule has 2 amide bonds. The summed E-state index contributed by atoms with van der Waals surface area (Å²) < 4.78 is 5.71. The number of furan rings is 1. The zero-order valence-corrected chi connectivity index (χ0v) is 15.8. The second-order valence-corrected chi connectivity index (χ2v) is 8.44. The van der Waals surface area contributed by atoms with E-state index in [0.29, 0.717) is 28.9 Å². The number of rotatable bonds is 4. The van der Waals surface area contributed by atoms with Gasteiger partial charge in [-0.1, -0.05) is 30.4 Å². The van der Waals surface area contributed by atoms with E-state index in [9.17, 15) is 19.5 Å². The lowest BCUT2D eigenvalue weighted by Gasteiger charge is -2.37. The second kappa shape index (κ2) is 6.01. The predicted octanol–water partition coefficient (Wildman–Crippen LogP) is 3.03. The smallest absolute Gasteiger partial charge is 0.336 e. The molecule has 150 valence electrons. The van der Waals surface area contributed by atoms with E-state index in [2.05, 4.69) is 17.3 Å². The van der Waals surface area contributed by atoms with Gasteiger partial charge in [0.15, 0.2) is 0 Å². The molecule has 0 spiro atoms. The highest BCUT2D eigenvalue weighted by Gasteiger charge is 2.67. The Kier molecular flexibility index (Phi) is 3.48. The molecule has 1 aliphatic heterocycles. The number of hydrogen-bond donors (Lipinski definition) is 1. The van der Waals surface area contributed by atoms with Crippen LogP contribution in [-0.4, -0.2) is 34.1 Å². The average molecular weight is 402 g/mol. The number of hydrogen-bond acceptors (Lipinski definition) is 5. The van der Waals surface area contributed by atoms with Crippen LogP contribution in [0, 0.1) is 35.5 Å². The number of carboxylic acids is 1. The second-order valence-electron chi connectivity index (χ2n) is 8.44. The molecule has 6 atom stereocenters. The number of nitrogens with zero attached hydrogens (tertiary/aromatic N) is 2. The Morgan fingerprint density at radius 2 is 1.70 bits per heavy atom. The Labute approximate surface area is 171 Å². The third-order valence-corrected chi connectivity index (χ3v) is 6.99. The standard InChI is InChI=1S/C23H18N2O5/c26-21-19-13-6-7-14(17-9-16(13)17)20(19)22(27)25(21)24-10-11-5-8-18(30-11)12-3-1-2-4-15(12)23(28)29/h1-8,10,13-14,16-17,19-20H,9H2,(H,28,29)/b24-10+/t13-,14-,16-,17-,19-,20+/m1/s1. The van der Waals surface area contributed by atoms with E-state index in [4.69, 9.17) is 4.42 Å². The van der Waals surface area contributed by atoms with Crippen molar-refractivity contribution in [2.24, 2.45) is 40.6 Å². The van der Waals surface area contributed by atoms with Gasteiger partial charge in [0.1, 0.15) is 11.5 Å². The molecule has 1 N–H and O–H groups in total. The number of hydrazone groups is 1. The summed E-state index contributed by atoms with van der Waals surface area (Å²) in [5.41, 5.74) is 0.580. The first kappa shape index (κ1) is 17.4. The molecule has 0 radical (unpaired) electrons.